The third-order valence-corrected chi connectivity index (χ3v) is 4.54. The minimum absolute atomic E-state index is 0.219. The highest BCUT2D eigenvalue weighted by Crippen LogP contribution is 2.43. The van der Waals surface area contributed by atoms with Crippen LogP contribution in [0.2, 0.25) is 0 Å². The zero-order valence-corrected chi connectivity index (χ0v) is 10.8. The van der Waals surface area contributed by atoms with Gasteiger partial charge in [0, 0.05) is 7.05 Å². The van der Waals surface area contributed by atoms with Gasteiger partial charge in [0.15, 0.2) is 0 Å². The smallest absolute Gasteiger partial charge is 0.319 e. The number of aliphatic hydroxyl groups excluding tert-OH is 1. The van der Waals surface area contributed by atoms with Crippen molar-refractivity contribution in [2.75, 3.05) is 7.05 Å². The summed E-state index contributed by atoms with van der Waals surface area (Å²) >= 11 is 0. The van der Waals surface area contributed by atoms with Crippen LogP contribution in [0.5, 0.6) is 0 Å². The molecule has 0 aliphatic heterocycles. The van der Waals surface area contributed by atoms with E-state index in [2.05, 4.69) is 0 Å². The quantitative estimate of drug-likeness (QED) is 0.738. The van der Waals surface area contributed by atoms with Gasteiger partial charge >= 0.3 is 5.97 Å². The van der Waals surface area contributed by atoms with Gasteiger partial charge in [0.25, 0.3) is 0 Å². The van der Waals surface area contributed by atoms with Crippen LogP contribution >= 0.6 is 0 Å². The molecule has 2 unspecified atom stereocenters. The first kappa shape index (κ1) is 13.3. The number of hydrogen-bond acceptors (Lipinski definition) is 3. The van der Waals surface area contributed by atoms with Gasteiger partial charge in [0.2, 0.25) is 5.91 Å². The summed E-state index contributed by atoms with van der Waals surface area (Å²) in [5.41, 5.74) is -1.22. The zero-order chi connectivity index (χ0) is 13.3. The lowest BCUT2D eigenvalue weighted by molar-refractivity contribution is -0.169. The maximum Gasteiger partial charge on any atom is 0.319 e. The van der Waals surface area contributed by atoms with E-state index in [1.807, 2.05) is 0 Å². The number of aliphatic carboxylic acids is 1. The highest BCUT2D eigenvalue weighted by molar-refractivity contribution is 6.02. The van der Waals surface area contributed by atoms with Crippen molar-refractivity contribution in [3.8, 4) is 0 Å². The predicted molar refractivity (Wildman–Crippen MR) is 65.0 cm³/mol. The summed E-state index contributed by atoms with van der Waals surface area (Å²) in [6.07, 6.45) is 4.55. The van der Waals surface area contributed by atoms with E-state index < -0.39 is 17.5 Å². The van der Waals surface area contributed by atoms with E-state index in [1.54, 1.807) is 7.05 Å². The van der Waals surface area contributed by atoms with Crippen LogP contribution in [0.15, 0.2) is 0 Å². The third-order valence-electron chi connectivity index (χ3n) is 4.54. The highest BCUT2D eigenvalue weighted by Gasteiger charge is 2.53. The van der Waals surface area contributed by atoms with E-state index >= 15 is 0 Å². The Morgan fingerprint density at radius 3 is 2.22 bits per heavy atom. The van der Waals surface area contributed by atoms with Gasteiger partial charge in [-0.25, -0.2) is 0 Å². The van der Waals surface area contributed by atoms with Crippen molar-refractivity contribution in [1.29, 1.82) is 0 Å². The van der Waals surface area contributed by atoms with Crippen LogP contribution in [-0.2, 0) is 9.59 Å². The second-order valence-electron chi connectivity index (χ2n) is 5.58. The second-order valence-corrected chi connectivity index (χ2v) is 5.58. The number of carboxylic acids is 1. The Bertz CT molecular complexity index is 351. The molecule has 2 N–H and O–H groups in total. The molecule has 2 fully saturated rings. The summed E-state index contributed by atoms with van der Waals surface area (Å²) in [6, 6.07) is -0.219. The first-order valence-electron chi connectivity index (χ1n) is 6.68. The van der Waals surface area contributed by atoms with Crippen molar-refractivity contribution < 1.29 is 19.8 Å². The Kier molecular flexibility index (Phi) is 3.61. The molecule has 102 valence electrons. The second kappa shape index (κ2) is 4.88. The van der Waals surface area contributed by atoms with Crippen LogP contribution < -0.4 is 0 Å². The van der Waals surface area contributed by atoms with Gasteiger partial charge in [-0.1, -0.05) is 19.3 Å². The Hall–Kier alpha value is -1.10. The fraction of sp³-hybridized carbons (Fsp3) is 0.846. The molecule has 5 nitrogen and oxygen atoms in total. The number of hydrogen-bond donors (Lipinski definition) is 2. The topological polar surface area (TPSA) is 77.8 Å². The van der Waals surface area contributed by atoms with Gasteiger partial charge in [-0.15, -0.1) is 0 Å². The zero-order valence-electron chi connectivity index (χ0n) is 10.8. The van der Waals surface area contributed by atoms with Crippen molar-refractivity contribution in [1.82, 2.24) is 4.90 Å². The Morgan fingerprint density at radius 2 is 1.78 bits per heavy atom. The molecule has 1 amide bonds. The lowest BCUT2D eigenvalue weighted by atomic mass is 9.67. The monoisotopic (exact) mass is 255 g/mol. The summed E-state index contributed by atoms with van der Waals surface area (Å²) in [7, 11) is 1.63. The van der Waals surface area contributed by atoms with Crippen LogP contribution in [-0.4, -0.2) is 46.2 Å². The molecule has 18 heavy (non-hydrogen) atoms. The lowest BCUT2D eigenvalue weighted by Gasteiger charge is -2.43. The molecule has 0 spiro atoms. The molecular weight excluding hydrogens is 234 g/mol. The number of carbonyl (C=O) groups is 2. The minimum atomic E-state index is -1.22. The fourth-order valence-corrected chi connectivity index (χ4v) is 3.08. The Balaban J connectivity index is 2.10. The lowest BCUT2D eigenvalue weighted by Crippen LogP contribution is -2.56. The molecule has 2 rings (SSSR count). The molecule has 2 aliphatic rings. The van der Waals surface area contributed by atoms with Crippen LogP contribution in [0.25, 0.3) is 0 Å². The molecule has 0 saturated heterocycles. The third kappa shape index (κ3) is 2.00. The summed E-state index contributed by atoms with van der Waals surface area (Å²) < 4.78 is 0. The van der Waals surface area contributed by atoms with E-state index in [4.69, 9.17) is 0 Å². The van der Waals surface area contributed by atoms with Crippen molar-refractivity contribution in [3.05, 3.63) is 0 Å². The Morgan fingerprint density at radius 1 is 1.17 bits per heavy atom. The molecule has 0 aromatic heterocycles. The number of carboxylic acid groups (broad SMARTS) is 1. The molecule has 0 aromatic carbocycles. The molecule has 0 bridgehead atoms. The fourth-order valence-electron chi connectivity index (χ4n) is 3.08. The van der Waals surface area contributed by atoms with Crippen molar-refractivity contribution in [2.45, 2.75) is 57.1 Å². The number of amides is 1. The van der Waals surface area contributed by atoms with E-state index in [0.29, 0.717) is 19.3 Å². The van der Waals surface area contributed by atoms with Gasteiger partial charge in [-0.05, 0) is 25.7 Å². The number of nitrogens with zero attached hydrogens (tertiary/aromatic N) is 1. The van der Waals surface area contributed by atoms with Crippen LogP contribution in [0.4, 0.5) is 0 Å². The summed E-state index contributed by atoms with van der Waals surface area (Å²) in [5.74, 6) is -1.34. The minimum Gasteiger partial charge on any atom is -0.480 e. The van der Waals surface area contributed by atoms with Crippen LogP contribution in [0.1, 0.15) is 44.9 Å². The van der Waals surface area contributed by atoms with E-state index in [0.717, 1.165) is 25.7 Å². The molecule has 2 atom stereocenters. The van der Waals surface area contributed by atoms with Crippen LogP contribution in [0.3, 0.4) is 0 Å². The average Bonchev–Trinajstić information content (AvgIpc) is 2.26. The molecule has 0 radical (unpaired) electrons. The molecule has 2 aliphatic carbocycles. The maximum atomic E-state index is 12.4. The van der Waals surface area contributed by atoms with Crippen molar-refractivity contribution in [3.63, 3.8) is 0 Å². The molecule has 0 aromatic rings. The molecule has 5 heteroatoms. The van der Waals surface area contributed by atoms with Gasteiger partial charge in [0.1, 0.15) is 5.41 Å². The number of aliphatic hydroxyl groups is 1. The van der Waals surface area contributed by atoms with Crippen LogP contribution in [0, 0.1) is 5.41 Å². The molecule has 2 saturated carbocycles. The van der Waals surface area contributed by atoms with Gasteiger partial charge < -0.3 is 15.1 Å². The first-order chi connectivity index (χ1) is 8.49. The number of rotatable bonds is 3. The molecule has 0 heterocycles. The van der Waals surface area contributed by atoms with E-state index in [9.17, 15) is 19.8 Å². The van der Waals surface area contributed by atoms with E-state index in [-0.39, 0.29) is 11.9 Å². The van der Waals surface area contributed by atoms with Crippen molar-refractivity contribution in [2.24, 2.45) is 5.41 Å². The van der Waals surface area contributed by atoms with Gasteiger partial charge in [0.05, 0.1) is 12.1 Å². The largest absolute Gasteiger partial charge is 0.480 e. The predicted octanol–water partition coefficient (Wildman–Crippen LogP) is 1.00. The summed E-state index contributed by atoms with van der Waals surface area (Å²) in [4.78, 5) is 25.2. The average molecular weight is 255 g/mol. The summed E-state index contributed by atoms with van der Waals surface area (Å²) in [5, 5.41) is 19.2. The van der Waals surface area contributed by atoms with Gasteiger partial charge in [-0.2, -0.15) is 0 Å². The highest BCUT2D eigenvalue weighted by atomic mass is 16.4. The normalized spacial score (nSPS) is 30.3. The number of likely N-dealkylation sites (N-methyl/N-ethyl adjacent to an activating group) is 1. The van der Waals surface area contributed by atoms with E-state index in [1.165, 1.54) is 4.90 Å². The maximum absolute atomic E-state index is 12.4. The standard InChI is InChI=1S/C13H21NO4/c1-14(9-5-2-3-6-10(9)15)11(16)13(12(17)18)7-4-8-13/h9-10,15H,2-8H2,1H3,(H,17,18). The summed E-state index contributed by atoms with van der Waals surface area (Å²) in [6.45, 7) is 0. The molecular formula is C13H21NO4. The number of carbonyl (C=O) groups excluding carboxylic acids is 1. The van der Waals surface area contributed by atoms with Crippen molar-refractivity contribution >= 4 is 11.9 Å². The SMILES string of the molecule is CN(C(=O)C1(C(=O)O)CCC1)C1CCCCC1O. The van der Waals surface area contributed by atoms with Gasteiger partial charge in [-0.3, -0.25) is 9.59 Å². The first-order valence-corrected chi connectivity index (χ1v) is 6.68. The Labute approximate surface area is 107 Å².